The number of nitrogens with zero attached hydrogens (tertiary/aromatic N) is 2. The summed E-state index contributed by atoms with van der Waals surface area (Å²) >= 11 is 2.97. The molecule has 2 heterocycles. The van der Waals surface area contributed by atoms with Crippen LogP contribution in [0, 0.1) is 17.2 Å². The van der Waals surface area contributed by atoms with E-state index in [0.29, 0.717) is 22.2 Å². The van der Waals surface area contributed by atoms with Crippen molar-refractivity contribution >= 4 is 34.0 Å². The first-order valence-electron chi connectivity index (χ1n) is 8.09. The van der Waals surface area contributed by atoms with Crippen molar-refractivity contribution in [2.45, 2.75) is 37.6 Å². The zero-order chi connectivity index (χ0) is 16.9. The Morgan fingerprint density at radius 3 is 3.12 bits per heavy atom. The second-order valence-corrected chi connectivity index (χ2v) is 7.94. The van der Waals surface area contributed by atoms with Crippen molar-refractivity contribution in [1.29, 1.82) is 5.26 Å². The highest BCUT2D eigenvalue weighted by atomic mass is 32.2. The van der Waals surface area contributed by atoms with Gasteiger partial charge in [0.15, 0.2) is 0 Å². The lowest BCUT2D eigenvalue weighted by Gasteiger charge is -2.20. The minimum absolute atomic E-state index is 0.0900. The molecule has 0 fully saturated rings. The van der Waals surface area contributed by atoms with Gasteiger partial charge in [-0.15, -0.1) is 11.3 Å². The highest BCUT2D eigenvalue weighted by Gasteiger charge is 2.25. The van der Waals surface area contributed by atoms with Gasteiger partial charge in [-0.2, -0.15) is 5.26 Å². The SMILES string of the molecule is CCC1CCc2c(sc(NC(=O)CSc3ccccn3)c2C#N)C1. The van der Waals surface area contributed by atoms with Crippen LogP contribution in [0.3, 0.4) is 0 Å². The second kappa shape index (κ2) is 7.82. The van der Waals surface area contributed by atoms with Crippen molar-refractivity contribution in [3.8, 4) is 6.07 Å². The summed E-state index contributed by atoms with van der Waals surface area (Å²) < 4.78 is 0. The summed E-state index contributed by atoms with van der Waals surface area (Å²) in [6, 6.07) is 7.93. The van der Waals surface area contributed by atoms with Crippen molar-refractivity contribution in [3.05, 3.63) is 40.4 Å². The van der Waals surface area contributed by atoms with E-state index < -0.39 is 0 Å². The molecule has 3 rings (SSSR count). The van der Waals surface area contributed by atoms with Gasteiger partial charge in [-0.1, -0.05) is 31.2 Å². The molecule has 0 bridgehead atoms. The fourth-order valence-electron chi connectivity index (χ4n) is 2.94. The number of carbonyl (C=O) groups excluding carboxylic acids is 1. The van der Waals surface area contributed by atoms with Crippen LogP contribution in [0.1, 0.15) is 35.8 Å². The van der Waals surface area contributed by atoms with E-state index in [1.165, 1.54) is 23.1 Å². The number of thioether (sulfide) groups is 1. The number of hydrogen-bond donors (Lipinski definition) is 1. The molecule has 1 N–H and O–H groups in total. The van der Waals surface area contributed by atoms with Gasteiger partial charge in [0.1, 0.15) is 11.1 Å². The van der Waals surface area contributed by atoms with E-state index in [-0.39, 0.29) is 5.91 Å². The summed E-state index contributed by atoms with van der Waals surface area (Å²) in [6.07, 6.45) is 6.00. The molecule has 1 atom stereocenters. The zero-order valence-corrected chi connectivity index (χ0v) is 15.2. The molecule has 4 nitrogen and oxygen atoms in total. The number of hydrogen-bond acceptors (Lipinski definition) is 5. The Balaban J connectivity index is 1.68. The van der Waals surface area contributed by atoms with Crippen LogP contribution < -0.4 is 5.32 Å². The quantitative estimate of drug-likeness (QED) is 0.812. The van der Waals surface area contributed by atoms with Gasteiger partial charge in [-0.25, -0.2) is 4.98 Å². The van der Waals surface area contributed by atoms with Crippen molar-refractivity contribution in [1.82, 2.24) is 4.98 Å². The first kappa shape index (κ1) is 17.0. The normalized spacial score (nSPS) is 16.2. The first-order chi connectivity index (χ1) is 11.7. The number of anilines is 1. The summed E-state index contributed by atoms with van der Waals surface area (Å²) in [6.45, 7) is 2.21. The summed E-state index contributed by atoms with van der Waals surface area (Å²) in [5.74, 6) is 0.904. The monoisotopic (exact) mass is 357 g/mol. The van der Waals surface area contributed by atoms with Gasteiger partial charge in [0.25, 0.3) is 0 Å². The predicted octanol–water partition coefficient (Wildman–Crippen LogP) is 4.26. The van der Waals surface area contributed by atoms with Crippen molar-refractivity contribution in [3.63, 3.8) is 0 Å². The maximum atomic E-state index is 12.2. The standard InChI is InChI=1S/C18H19N3OS2/c1-2-12-6-7-13-14(10-19)18(24-15(13)9-12)21-16(22)11-23-17-5-3-4-8-20-17/h3-5,8,12H,2,6-7,9,11H2,1H3,(H,21,22). The molecule has 0 radical (unpaired) electrons. The van der Waals surface area contributed by atoms with E-state index in [1.807, 2.05) is 18.2 Å². The minimum atomic E-state index is -0.0900. The van der Waals surface area contributed by atoms with Gasteiger partial charge in [0.2, 0.25) is 5.91 Å². The van der Waals surface area contributed by atoms with Crippen LogP contribution in [0.4, 0.5) is 5.00 Å². The molecule has 1 aliphatic rings. The lowest BCUT2D eigenvalue weighted by Crippen LogP contribution is -2.14. The van der Waals surface area contributed by atoms with Crippen molar-refractivity contribution in [2.24, 2.45) is 5.92 Å². The van der Waals surface area contributed by atoms with Crippen LogP contribution in [0.15, 0.2) is 29.4 Å². The van der Waals surface area contributed by atoms with Gasteiger partial charge in [0, 0.05) is 11.1 Å². The van der Waals surface area contributed by atoms with E-state index in [0.717, 1.165) is 29.9 Å². The minimum Gasteiger partial charge on any atom is -0.316 e. The number of nitrogens with one attached hydrogen (secondary N) is 1. The Kier molecular flexibility index (Phi) is 5.54. The van der Waals surface area contributed by atoms with Gasteiger partial charge in [-0.3, -0.25) is 4.79 Å². The molecular formula is C18H19N3OS2. The number of nitriles is 1. The Morgan fingerprint density at radius 2 is 2.42 bits per heavy atom. The molecule has 2 aromatic heterocycles. The molecule has 0 saturated heterocycles. The average Bonchev–Trinajstić information content (AvgIpc) is 2.96. The smallest absolute Gasteiger partial charge is 0.235 e. The van der Waals surface area contributed by atoms with E-state index in [1.54, 1.807) is 17.5 Å². The van der Waals surface area contributed by atoms with Gasteiger partial charge >= 0.3 is 0 Å². The summed E-state index contributed by atoms with van der Waals surface area (Å²) in [5.41, 5.74) is 1.82. The Morgan fingerprint density at radius 1 is 1.54 bits per heavy atom. The van der Waals surface area contributed by atoms with Crippen LogP contribution in [0.25, 0.3) is 0 Å². The molecule has 1 unspecified atom stereocenters. The highest BCUT2D eigenvalue weighted by Crippen LogP contribution is 2.40. The topological polar surface area (TPSA) is 65.8 Å². The lowest BCUT2D eigenvalue weighted by atomic mass is 9.86. The third kappa shape index (κ3) is 3.80. The number of rotatable bonds is 5. The summed E-state index contributed by atoms with van der Waals surface area (Å²) in [5, 5.41) is 14.0. The number of fused-ring (bicyclic) bond motifs is 1. The van der Waals surface area contributed by atoms with Crippen LogP contribution in [-0.2, 0) is 17.6 Å². The van der Waals surface area contributed by atoms with E-state index >= 15 is 0 Å². The fraction of sp³-hybridized carbons (Fsp3) is 0.389. The summed E-state index contributed by atoms with van der Waals surface area (Å²) in [7, 11) is 0. The molecule has 124 valence electrons. The van der Waals surface area contributed by atoms with E-state index in [9.17, 15) is 10.1 Å². The Hall–Kier alpha value is -1.84. The largest absolute Gasteiger partial charge is 0.316 e. The number of aromatic nitrogens is 1. The van der Waals surface area contributed by atoms with E-state index in [4.69, 9.17) is 0 Å². The van der Waals surface area contributed by atoms with Crippen LogP contribution in [-0.4, -0.2) is 16.6 Å². The molecule has 1 aliphatic carbocycles. The third-order valence-corrected chi connectivity index (χ3v) is 6.41. The summed E-state index contributed by atoms with van der Waals surface area (Å²) in [4.78, 5) is 17.7. The molecule has 6 heteroatoms. The number of thiophene rings is 1. The molecule has 0 spiro atoms. The van der Waals surface area contributed by atoms with Gasteiger partial charge in [-0.05, 0) is 42.9 Å². The lowest BCUT2D eigenvalue weighted by molar-refractivity contribution is -0.113. The van der Waals surface area contributed by atoms with Crippen LogP contribution >= 0.6 is 23.1 Å². The maximum absolute atomic E-state index is 12.2. The fourth-order valence-corrected chi connectivity index (χ4v) is 4.93. The Bertz CT molecular complexity index is 765. The van der Waals surface area contributed by atoms with Crippen LogP contribution in [0.5, 0.6) is 0 Å². The van der Waals surface area contributed by atoms with Crippen molar-refractivity contribution < 1.29 is 4.79 Å². The van der Waals surface area contributed by atoms with Gasteiger partial charge in [0.05, 0.1) is 16.3 Å². The molecule has 24 heavy (non-hydrogen) atoms. The predicted molar refractivity (Wildman–Crippen MR) is 98.4 cm³/mol. The number of pyridine rings is 1. The van der Waals surface area contributed by atoms with Crippen LogP contribution in [0.2, 0.25) is 0 Å². The average molecular weight is 358 g/mol. The van der Waals surface area contributed by atoms with Crippen molar-refractivity contribution in [2.75, 3.05) is 11.1 Å². The molecule has 1 amide bonds. The van der Waals surface area contributed by atoms with Gasteiger partial charge < -0.3 is 5.32 Å². The molecule has 0 saturated carbocycles. The Labute approximate surface area is 150 Å². The molecular weight excluding hydrogens is 338 g/mol. The number of carbonyl (C=O) groups is 1. The number of amides is 1. The molecule has 0 aromatic carbocycles. The maximum Gasteiger partial charge on any atom is 0.235 e. The molecule has 0 aliphatic heterocycles. The highest BCUT2D eigenvalue weighted by molar-refractivity contribution is 7.99. The van der Waals surface area contributed by atoms with E-state index in [2.05, 4.69) is 23.3 Å². The second-order valence-electron chi connectivity index (χ2n) is 5.84. The third-order valence-electron chi connectivity index (χ3n) is 4.30. The molecule has 2 aromatic rings. The first-order valence-corrected chi connectivity index (χ1v) is 9.89. The zero-order valence-electron chi connectivity index (χ0n) is 13.5.